The van der Waals surface area contributed by atoms with E-state index in [2.05, 4.69) is 19.9 Å². The van der Waals surface area contributed by atoms with E-state index in [1.807, 2.05) is 0 Å². The van der Waals surface area contributed by atoms with E-state index >= 15 is 0 Å². The molecule has 0 amide bonds. The Morgan fingerprint density at radius 1 is 1.17 bits per heavy atom. The molecule has 0 atom stereocenters. The molecule has 9 heteroatoms. The second-order valence-corrected chi connectivity index (χ2v) is 3.50. The lowest BCUT2D eigenvalue weighted by atomic mass is 10.5. The highest BCUT2D eigenvalue weighted by atomic mass is 16.5. The highest BCUT2D eigenvalue weighted by Gasteiger charge is 2.16. The predicted octanol–water partition coefficient (Wildman–Crippen LogP) is -1.79. The molecule has 0 N–H and O–H groups in total. The summed E-state index contributed by atoms with van der Waals surface area (Å²) < 4.78 is 6.42. The molecule has 2 heterocycles. The zero-order chi connectivity index (χ0) is 13.4. The van der Waals surface area contributed by atoms with E-state index < -0.39 is 17.2 Å². The van der Waals surface area contributed by atoms with Crippen molar-refractivity contribution in [1.29, 1.82) is 0 Å². The Kier molecular flexibility index (Phi) is 2.66. The van der Waals surface area contributed by atoms with Crippen LogP contribution in [0.5, 0.6) is 0 Å². The van der Waals surface area contributed by atoms with Crippen molar-refractivity contribution in [3.8, 4) is 0 Å². The molecule has 0 saturated carbocycles. The van der Waals surface area contributed by atoms with E-state index in [0.717, 1.165) is 16.2 Å². The van der Waals surface area contributed by atoms with E-state index in [4.69, 9.17) is 0 Å². The Balaban J connectivity index is 2.91. The van der Waals surface area contributed by atoms with Crippen molar-refractivity contribution < 1.29 is 9.53 Å². The van der Waals surface area contributed by atoms with Crippen molar-refractivity contribution in [3.63, 3.8) is 0 Å². The average Bonchev–Trinajstić information content (AvgIpc) is 2.41. The van der Waals surface area contributed by atoms with Crippen LogP contribution in [0.15, 0.2) is 9.59 Å². The van der Waals surface area contributed by atoms with Gasteiger partial charge in [0.05, 0.1) is 7.11 Å². The van der Waals surface area contributed by atoms with Gasteiger partial charge in [0.25, 0.3) is 11.4 Å². The number of hydrogen-bond donors (Lipinski definition) is 0. The molecule has 0 fully saturated rings. The van der Waals surface area contributed by atoms with Gasteiger partial charge in [-0.15, -0.1) is 10.2 Å². The van der Waals surface area contributed by atoms with Gasteiger partial charge in [-0.25, -0.2) is 14.6 Å². The van der Waals surface area contributed by atoms with Gasteiger partial charge in [0.2, 0.25) is 0 Å². The first-order chi connectivity index (χ1) is 8.47. The molecule has 2 rings (SSSR count). The van der Waals surface area contributed by atoms with Gasteiger partial charge in [-0.3, -0.25) is 13.9 Å². The normalized spacial score (nSPS) is 10.6. The fourth-order valence-electron chi connectivity index (χ4n) is 1.43. The minimum Gasteiger partial charge on any atom is -0.463 e. The van der Waals surface area contributed by atoms with Crippen LogP contribution in [0.3, 0.4) is 0 Å². The minimum absolute atomic E-state index is 0.00996. The van der Waals surface area contributed by atoms with Crippen LogP contribution in [0, 0.1) is 0 Å². The quantitative estimate of drug-likeness (QED) is 0.550. The predicted molar refractivity (Wildman–Crippen MR) is 59.2 cm³/mol. The molecule has 94 valence electrons. The van der Waals surface area contributed by atoms with Crippen molar-refractivity contribution >= 4 is 17.1 Å². The molecule has 0 unspecified atom stereocenters. The number of carbonyl (C=O) groups excluding carboxylic acids is 1. The lowest BCUT2D eigenvalue weighted by Crippen LogP contribution is -2.38. The molecule has 0 radical (unpaired) electrons. The van der Waals surface area contributed by atoms with Gasteiger partial charge in [-0.2, -0.15) is 0 Å². The zero-order valence-electron chi connectivity index (χ0n) is 9.87. The molecule has 0 saturated heterocycles. The molecule has 18 heavy (non-hydrogen) atoms. The van der Waals surface area contributed by atoms with E-state index in [0.29, 0.717) is 0 Å². The number of methoxy groups -OCH3 is 1. The van der Waals surface area contributed by atoms with E-state index in [1.54, 1.807) is 0 Å². The third-order valence-corrected chi connectivity index (χ3v) is 2.44. The van der Waals surface area contributed by atoms with E-state index in [1.165, 1.54) is 14.1 Å². The summed E-state index contributed by atoms with van der Waals surface area (Å²) in [4.78, 5) is 38.5. The summed E-state index contributed by atoms with van der Waals surface area (Å²) in [6.07, 6.45) is 0. The zero-order valence-corrected chi connectivity index (χ0v) is 9.87. The number of fused-ring (bicyclic) bond motifs is 1. The van der Waals surface area contributed by atoms with Gasteiger partial charge in [-0.1, -0.05) is 0 Å². The van der Waals surface area contributed by atoms with Crippen molar-refractivity contribution in [1.82, 2.24) is 24.3 Å². The molecular formula is C9H9N5O4. The van der Waals surface area contributed by atoms with Crippen molar-refractivity contribution in [2.75, 3.05) is 7.11 Å². The summed E-state index contributed by atoms with van der Waals surface area (Å²) in [6.45, 7) is 0. The molecule has 0 spiro atoms. The molecule has 2 aromatic heterocycles. The van der Waals surface area contributed by atoms with Gasteiger partial charge in [0.15, 0.2) is 11.2 Å². The fraction of sp³-hybridized carbons (Fsp3) is 0.333. The number of aryl methyl sites for hydroxylation is 1. The van der Waals surface area contributed by atoms with Crippen LogP contribution in [0.1, 0.15) is 10.6 Å². The van der Waals surface area contributed by atoms with Crippen LogP contribution in [0.4, 0.5) is 0 Å². The maximum atomic E-state index is 11.8. The Labute approximate surface area is 99.7 Å². The molecule has 9 nitrogen and oxygen atoms in total. The van der Waals surface area contributed by atoms with Crippen molar-refractivity contribution in [2.45, 2.75) is 0 Å². The van der Waals surface area contributed by atoms with Crippen LogP contribution in [0.25, 0.3) is 11.2 Å². The SMILES string of the molecule is COC(=O)c1nnc2c(n1)c(=O)n(C)c(=O)n2C. The number of esters is 1. The van der Waals surface area contributed by atoms with Gasteiger partial charge in [0.1, 0.15) is 0 Å². The third kappa shape index (κ3) is 1.56. The minimum atomic E-state index is -0.805. The summed E-state index contributed by atoms with van der Waals surface area (Å²) in [5, 5.41) is 7.16. The second-order valence-electron chi connectivity index (χ2n) is 3.50. The average molecular weight is 251 g/mol. The Morgan fingerprint density at radius 2 is 1.83 bits per heavy atom. The maximum Gasteiger partial charge on any atom is 0.378 e. The van der Waals surface area contributed by atoms with E-state index in [-0.39, 0.29) is 17.0 Å². The highest BCUT2D eigenvalue weighted by Crippen LogP contribution is 2.00. The van der Waals surface area contributed by atoms with Crippen LogP contribution >= 0.6 is 0 Å². The smallest absolute Gasteiger partial charge is 0.378 e. The largest absolute Gasteiger partial charge is 0.463 e. The summed E-state index contributed by atoms with van der Waals surface area (Å²) in [5.41, 5.74) is -1.30. The maximum absolute atomic E-state index is 11.8. The monoisotopic (exact) mass is 251 g/mol. The first kappa shape index (κ1) is 11.9. The van der Waals surface area contributed by atoms with Gasteiger partial charge in [-0.05, 0) is 0 Å². The van der Waals surface area contributed by atoms with Gasteiger partial charge < -0.3 is 4.74 Å². The van der Waals surface area contributed by atoms with Crippen LogP contribution in [0.2, 0.25) is 0 Å². The number of carbonyl (C=O) groups is 1. The Morgan fingerprint density at radius 3 is 2.44 bits per heavy atom. The number of rotatable bonds is 1. The molecule has 2 aromatic rings. The summed E-state index contributed by atoms with van der Waals surface area (Å²) in [6, 6.07) is 0. The first-order valence-electron chi connectivity index (χ1n) is 4.86. The summed E-state index contributed by atoms with van der Waals surface area (Å²) in [7, 11) is 3.90. The summed E-state index contributed by atoms with van der Waals surface area (Å²) in [5.74, 6) is -1.14. The summed E-state index contributed by atoms with van der Waals surface area (Å²) >= 11 is 0. The van der Waals surface area contributed by atoms with Crippen LogP contribution in [-0.2, 0) is 18.8 Å². The lowest BCUT2D eigenvalue weighted by molar-refractivity contribution is 0.0585. The fourth-order valence-corrected chi connectivity index (χ4v) is 1.43. The van der Waals surface area contributed by atoms with E-state index in [9.17, 15) is 14.4 Å². The molecular weight excluding hydrogens is 242 g/mol. The molecule has 0 aromatic carbocycles. The second kappa shape index (κ2) is 4.02. The molecule has 0 aliphatic carbocycles. The molecule has 0 bridgehead atoms. The number of hydrogen-bond acceptors (Lipinski definition) is 7. The Hall–Kier alpha value is -2.58. The van der Waals surface area contributed by atoms with Gasteiger partial charge >= 0.3 is 11.7 Å². The lowest BCUT2D eigenvalue weighted by Gasteiger charge is -2.05. The number of ether oxygens (including phenoxy) is 1. The van der Waals surface area contributed by atoms with Crippen LogP contribution in [-0.4, -0.2) is 37.4 Å². The number of aromatic nitrogens is 5. The van der Waals surface area contributed by atoms with Crippen molar-refractivity contribution in [2.24, 2.45) is 14.1 Å². The molecule has 0 aliphatic heterocycles. The Bertz CT molecular complexity index is 760. The number of nitrogens with zero attached hydrogens (tertiary/aromatic N) is 5. The standard InChI is InChI=1S/C9H9N5O4/c1-13-6-4(7(15)14(2)9(13)17)10-5(11-12-6)8(16)18-3/h1-3H3. The topological polar surface area (TPSA) is 109 Å². The van der Waals surface area contributed by atoms with Gasteiger partial charge in [0, 0.05) is 14.1 Å². The first-order valence-corrected chi connectivity index (χ1v) is 4.86. The molecule has 0 aliphatic rings. The van der Waals surface area contributed by atoms with Crippen LogP contribution < -0.4 is 11.2 Å². The highest BCUT2D eigenvalue weighted by molar-refractivity contribution is 5.86. The third-order valence-electron chi connectivity index (χ3n) is 2.44. The van der Waals surface area contributed by atoms with Crippen molar-refractivity contribution in [3.05, 3.63) is 26.7 Å².